The van der Waals surface area contributed by atoms with E-state index in [2.05, 4.69) is 37.8 Å². The van der Waals surface area contributed by atoms with E-state index in [4.69, 9.17) is 5.73 Å². The number of nitrogens with zero attached hydrogens (tertiary/aromatic N) is 2. The molecule has 0 fully saturated rings. The number of nitrogens with two attached hydrogens (primary N) is 1. The van der Waals surface area contributed by atoms with Crippen LogP contribution in [0, 0.1) is 2.88 Å². The minimum Gasteiger partial charge on any atom is -0.383 e. The molecule has 62 valence electrons. The molecule has 0 spiro atoms. The lowest BCUT2D eigenvalue weighted by molar-refractivity contribution is 1.10. The molecule has 0 aliphatic carbocycles. The van der Waals surface area contributed by atoms with Crippen LogP contribution in [0.4, 0.5) is 5.82 Å². The van der Waals surface area contributed by atoms with Crippen molar-refractivity contribution in [2.24, 2.45) is 0 Å². The molecule has 2 aromatic rings. The Morgan fingerprint density at radius 2 is 2.33 bits per heavy atom. The number of hydrogen-bond acceptors (Lipinski definition) is 4. The highest BCUT2D eigenvalue weighted by molar-refractivity contribution is 14.1. The molecular formula is C6H5IN4S. The summed E-state index contributed by atoms with van der Waals surface area (Å²) < 4.78 is 1.14. The van der Waals surface area contributed by atoms with Crippen molar-refractivity contribution in [2.45, 2.75) is 0 Å². The highest BCUT2D eigenvalue weighted by Crippen LogP contribution is 2.28. The number of hydrogen-bond donors (Lipinski definition) is 2. The Kier molecular flexibility index (Phi) is 2.01. The second kappa shape index (κ2) is 3.02. The fourth-order valence-corrected chi connectivity index (χ4v) is 2.28. The van der Waals surface area contributed by atoms with E-state index in [0.29, 0.717) is 5.82 Å². The van der Waals surface area contributed by atoms with Gasteiger partial charge >= 0.3 is 0 Å². The van der Waals surface area contributed by atoms with Gasteiger partial charge in [-0.2, -0.15) is 5.10 Å². The van der Waals surface area contributed by atoms with Crippen LogP contribution in [0.3, 0.4) is 0 Å². The van der Waals surface area contributed by atoms with Crippen LogP contribution >= 0.6 is 33.9 Å². The van der Waals surface area contributed by atoms with E-state index in [0.717, 1.165) is 13.5 Å². The van der Waals surface area contributed by atoms with Crippen LogP contribution in [-0.2, 0) is 0 Å². The Labute approximate surface area is 86.3 Å². The van der Waals surface area contributed by atoms with E-state index in [-0.39, 0.29) is 0 Å². The van der Waals surface area contributed by atoms with Crippen LogP contribution in [0.25, 0.3) is 10.6 Å². The zero-order chi connectivity index (χ0) is 8.55. The first kappa shape index (κ1) is 7.99. The lowest BCUT2D eigenvalue weighted by atomic mass is 10.3. The maximum Gasteiger partial charge on any atom is 0.129 e. The lowest BCUT2D eigenvalue weighted by Gasteiger charge is -1.89. The van der Waals surface area contributed by atoms with Gasteiger partial charge in [-0.15, -0.1) is 11.3 Å². The Morgan fingerprint density at radius 1 is 1.50 bits per heavy atom. The molecule has 0 atom stereocenters. The van der Waals surface area contributed by atoms with E-state index >= 15 is 0 Å². The summed E-state index contributed by atoms with van der Waals surface area (Å²) in [7, 11) is 0. The number of anilines is 1. The molecule has 12 heavy (non-hydrogen) atoms. The molecule has 2 heterocycles. The van der Waals surface area contributed by atoms with E-state index in [9.17, 15) is 0 Å². The molecule has 0 saturated heterocycles. The molecule has 3 N–H and O–H groups in total. The van der Waals surface area contributed by atoms with E-state index in [1.165, 1.54) is 0 Å². The highest BCUT2D eigenvalue weighted by atomic mass is 127. The highest BCUT2D eigenvalue weighted by Gasteiger charge is 2.07. The zero-order valence-electron chi connectivity index (χ0n) is 5.91. The summed E-state index contributed by atoms with van der Waals surface area (Å²) >= 11 is 3.82. The van der Waals surface area contributed by atoms with Crippen LogP contribution in [0.5, 0.6) is 0 Å². The monoisotopic (exact) mass is 292 g/mol. The third-order valence-corrected chi connectivity index (χ3v) is 3.13. The molecule has 0 aliphatic heterocycles. The molecule has 0 aromatic carbocycles. The van der Waals surface area contributed by atoms with Crippen molar-refractivity contribution in [2.75, 3.05) is 5.73 Å². The summed E-state index contributed by atoms with van der Waals surface area (Å²) in [6.07, 6.45) is 3.50. The first-order valence-electron chi connectivity index (χ1n) is 3.18. The molecule has 4 nitrogen and oxygen atoms in total. The Morgan fingerprint density at radius 3 is 2.83 bits per heavy atom. The number of aromatic nitrogens is 3. The molecule has 0 bridgehead atoms. The van der Waals surface area contributed by atoms with Gasteiger partial charge in [0.15, 0.2) is 0 Å². The number of nitrogens with one attached hydrogen (secondary N) is 1. The summed E-state index contributed by atoms with van der Waals surface area (Å²) in [5.74, 6) is 0.570. The van der Waals surface area contributed by atoms with Gasteiger partial charge in [-0.25, -0.2) is 4.98 Å². The first-order valence-corrected chi connectivity index (χ1v) is 5.07. The minimum absolute atomic E-state index is 0.570. The van der Waals surface area contributed by atoms with Crippen molar-refractivity contribution >= 4 is 39.7 Å². The molecule has 6 heteroatoms. The van der Waals surface area contributed by atoms with Crippen LogP contribution in [0.15, 0.2) is 12.4 Å². The number of H-pyrrole nitrogens is 1. The first-order chi connectivity index (χ1) is 5.77. The predicted octanol–water partition coefficient (Wildman–Crippen LogP) is 1.72. The second-order valence-electron chi connectivity index (χ2n) is 2.17. The standard InChI is InChI=1S/C6H5IN4S/c7-4-2-9-6(12-4)3-1-10-11-5(3)8/h1-2H,(H3,8,10,11). The van der Waals surface area contributed by atoms with Gasteiger partial charge in [0.25, 0.3) is 0 Å². The van der Waals surface area contributed by atoms with Gasteiger partial charge in [0.2, 0.25) is 0 Å². The normalized spacial score (nSPS) is 10.4. The predicted molar refractivity (Wildman–Crippen MR) is 56.8 cm³/mol. The average Bonchev–Trinajstić information content (AvgIpc) is 2.58. The Balaban J connectivity index is 2.50. The molecule has 0 radical (unpaired) electrons. The summed E-state index contributed by atoms with van der Waals surface area (Å²) in [6.45, 7) is 0. The third-order valence-electron chi connectivity index (χ3n) is 1.38. The molecule has 0 aliphatic rings. The van der Waals surface area contributed by atoms with Crippen LogP contribution in [0.1, 0.15) is 0 Å². The number of thiazole rings is 1. The smallest absolute Gasteiger partial charge is 0.129 e. The lowest BCUT2D eigenvalue weighted by Crippen LogP contribution is -1.86. The van der Waals surface area contributed by atoms with Gasteiger partial charge in [0, 0.05) is 0 Å². The van der Waals surface area contributed by atoms with Crippen molar-refractivity contribution in [1.29, 1.82) is 0 Å². The van der Waals surface area contributed by atoms with Crippen LogP contribution in [-0.4, -0.2) is 15.2 Å². The fraction of sp³-hybridized carbons (Fsp3) is 0. The van der Waals surface area contributed by atoms with Gasteiger partial charge in [0.05, 0.1) is 20.8 Å². The van der Waals surface area contributed by atoms with Gasteiger partial charge in [0.1, 0.15) is 10.8 Å². The number of aromatic amines is 1. The summed E-state index contributed by atoms with van der Waals surface area (Å²) in [6, 6.07) is 0. The largest absolute Gasteiger partial charge is 0.383 e. The number of rotatable bonds is 1. The third kappa shape index (κ3) is 1.31. The zero-order valence-corrected chi connectivity index (χ0v) is 8.89. The van der Waals surface area contributed by atoms with Crippen molar-refractivity contribution < 1.29 is 0 Å². The van der Waals surface area contributed by atoms with Crippen LogP contribution < -0.4 is 5.73 Å². The van der Waals surface area contributed by atoms with Crippen molar-refractivity contribution in [3.8, 4) is 10.6 Å². The van der Waals surface area contributed by atoms with Crippen LogP contribution in [0.2, 0.25) is 0 Å². The molecule has 2 rings (SSSR count). The SMILES string of the molecule is Nc1[nH]ncc1-c1ncc(I)s1. The second-order valence-corrected chi connectivity index (χ2v) is 5.09. The molecular weight excluding hydrogens is 287 g/mol. The van der Waals surface area contributed by atoms with E-state index in [1.807, 2.05) is 6.20 Å². The summed E-state index contributed by atoms with van der Waals surface area (Å²) in [5, 5.41) is 7.40. The maximum atomic E-state index is 5.63. The Bertz CT molecular complexity index is 394. The molecule has 0 saturated carbocycles. The van der Waals surface area contributed by atoms with E-state index in [1.54, 1.807) is 17.5 Å². The molecule has 0 unspecified atom stereocenters. The van der Waals surface area contributed by atoms with Gasteiger partial charge in [-0.1, -0.05) is 0 Å². The van der Waals surface area contributed by atoms with E-state index < -0.39 is 0 Å². The van der Waals surface area contributed by atoms with Crippen molar-refractivity contribution in [3.05, 3.63) is 15.3 Å². The van der Waals surface area contributed by atoms with Gasteiger partial charge < -0.3 is 5.73 Å². The summed E-state index contributed by atoms with van der Waals surface area (Å²) in [4.78, 5) is 4.19. The van der Waals surface area contributed by atoms with Gasteiger partial charge in [-0.3, -0.25) is 5.10 Å². The quantitative estimate of drug-likeness (QED) is 0.786. The molecule has 0 amide bonds. The molecule has 2 aromatic heterocycles. The Hall–Kier alpha value is -0.630. The number of halogens is 1. The topological polar surface area (TPSA) is 67.6 Å². The fourth-order valence-electron chi connectivity index (χ4n) is 0.846. The van der Waals surface area contributed by atoms with Gasteiger partial charge in [-0.05, 0) is 22.6 Å². The van der Waals surface area contributed by atoms with Crippen molar-refractivity contribution in [1.82, 2.24) is 15.2 Å². The minimum atomic E-state index is 0.570. The van der Waals surface area contributed by atoms with Crippen molar-refractivity contribution in [3.63, 3.8) is 0 Å². The summed E-state index contributed by atoms with van der Waals surface area (Å²) in [5.41, 5.74) is 6.51. The number of nitrogen functional groups attached to an aromatic ring is 1. The maximum absolute atomic E-state index is 5.63. The average molecular weight is 292 g/mol.